The van der Waals surface area contributed by atoms with Crippen LogP contribution in [0.5, 0.6) is 0 Å². The number of rotatable bonds is 1. The summed E-state index contributed by atoms with van der Waals surface area (Å²) in [4.78, 5) is 0. The van der Waals surface area contributed by atoms with Gasteiger partial charge < -0.3 is 14.6 Å². The van der Waals surface area contributed by atoms with E-state index in [-0.39, 0.29) is 0 Å². The monoisotopic (exact) mass is 146 g/mol. The zero-order valence-corrected chi connectivity index (χ0v) is 6.46. The van der Waals surface area contributed by atoms with Crippen LogP contribution in [0, 0.1) is 0 Å². The summed E-state index contributed by atoms with van der Waals surface area (Å²) in [7, 11) is 0. The Kier molecular flexibility index (Phi) is 2.28. The van der Waals surface area contributed by atoms with Crippen LogP contribution in [0.2, 0.25) is 0 Å². The van der Waals surface area contributed by atoms with Gasteiger partial charge in [-0.3, -0.25) is 0 Å². The van der Waals surface area contributed by atoms with Gasteiger partial charge in [-0.25, -0.2) is 0 Å². The molecular formula is C7H14O3. The van der Waals surface area contributed by atoms with Crippen LogP contribution < -0.4 is 0 Å². The summed E-state index contributed by atoms with van der Waals surface area (Å²) in [5.41, 5.74) is 0. The molecule has 10 heavy (non-hydrogen) atoms. The van der Waals surface area contributed by atoms with Crippen molar-refractivity contribution in [2.45, 2.75) is 32.2 Å². The highest BCUT2D eigenvalue weighted by Gasteiger charge is 2.33. The summed E-state index contributed by atoms with van der Waals surface area (Å²) in [5, 5.41) is 9.19. The molecule has 1 aliphatic rings. The number of ether oxygens (including phenoxy) is 2. The summed E-state index contributed by atoms with van der Waals surface area (Å²) >= 11 is 0. The summed E-state index contributed by atoms with van der Waals surface area (Å²) in [5.74, 6) is -0.766. The van der Waals surface area contributed by atoms with Crippen LogP contribution in [0.1, 0.15) is 20.3 Å². The van der Waals surface area contributed by atoms with E-state index in [4.69, 9.17) is 9.47 Å². The fourth-order valence-corrected chi connectivity index (χ4v) is 0.891. The first kappa shape index (κ1) is 7.98. The molecule has 0 spiro atoms. The normalized spacial score (nSPS) is 27.9. The summed E-state index contributed by atoms with van der Waals surface area (Å²) < 4.78 is 10.5. The fourth-order valence-electron chi connectivity index (χ4n) is 0.891. The average molecular weight is 146 g/mol. The Bertz CT molecular complexity index is 105. The summed E-state index contributed by atoms with van der Waals surface area (Å²) in [6.45, 7) is 4.80. The van der Waals surface area contributed by atoms with Gasteiger partial charge in [-0.05, 0) is 20.3 Å². The van der Waals surface area contributed by atoms with Gasteiger partial charge >= 0.3 is 0 Å². The number of hydrogen-bond donors (Lipinski definition) is 1. The molecule has 3 nitrogen and oxygen atoms in total. The molecule has 0 aliphatic carbocycles. The third-order valence-corrected chi connectivity index (χ3v) is 1.82. The highest BCUT2D eigenvalue weighted by Crippen LogP contribution is 2.21. The van der Waals surface area contributed by atoms with Gasteiger partial charge in [0.1, 0.15) is 6.10 Å². The molecule has 0 radical (unpaired) electrons. The van der Waals surface area contributed by atoms with Crippen LogP contribution >= 0.6 is 0 Å². The van der Waals surface area contributed by atoms with E-state index in [0.717, 1.165) is 6.42 Å². The number of hydrogen-bond acceptors (Lipinski definition) is 3. The molecule has 1 unspecified atom stereocenters. The van der Waals surface area contributed by atoms with Crippen LogP contribution in [-0.2, 0) is 9.47 Å². The van der Waals surface area contributed by atoms with Crippen molar-refractivity contribution >= 4 is 0 Å². The van der Waals surface area contributed by atoms with Crippen LogP contribution in [-0.4, -0.2) is 30.2 Å². The lowest BCUT2D eigenvalue weighted by Crippen LogP contribution is -2.46. The van der Waals surface area contributed by atoms with E-state index in [9.17, 15) is 5.11 Å². The van der Waals surface area contributed by atoms with Gasteiger partial charge in [-0.2, -0.15) is 0 Å². The van der Waals surface area contributed by atoms with E-state index >= 15 is 0 Å². The third-order valence-electron chi connectivity index (χ3n) is 1.82. The molecule has 1 fully saturated rings. The Morgan fingerprint density at radius 1 is 1.40 bits per heavy atom. The largest absolute Gasteiger partial charge is 0.388 e. The van der Waals surface area contributed by atoms with Gasteiger partial charge in [0.2, 0.25) is 0 Å². The van der Waals surface area contributed by atoms with E-state index in [1.165, 1.54) is 0 Å². The molecule has 0 aromatic heterocycles. The van der Waals surface area contributed by atoms with Crippen molar-refractivity contribution in [3.05, 3.63) is 0 Å². The third kappa shape index (κ3) is 1.48. The lowest BCUT2D eigenvalue weighted by atomic mass is 10.2. The van der Waals surface area contributed by atoms with Crippen molar-refractivity contribution in [2.75, 3.05) is 13.2 Å². The van der Waals surface area contributed by atoms with Crippen LogP contribution in [0.4, 0.5) is 0 Å². The smallest absolute Gasteiger partial charge is 0.191 e. The average Bonchev–Trinajstić information content (AvgIpc) is 1.89. The molecule has 0 saturated carbocycles. The Morgan fingerprint density at radius 2 is 1.90 bits per heavy atom. The predicted octanol–water partition coefficient (Wildman–Crippen LogP) is 0.520. The second-order valence-corrected chi connectivity index (χ2v) is 2.74. The maximum absolute atomic E-state index is 9.19. The molecule has 3 heteroatoms. The highest BCUT2D eigenvalue weighted by molar-refractivity contribution is 4.72. The number of aliphatic hydroxyl groups excluding tert-OH is 1. The minimum absolute atomic E-state index is 0.562. The second-order valence-electron chi connectivity index (χ2n) is 2.74. The molecule has 0 amide bonds. The van der Waals surface area contributed by atoms with Crippen LogP contribution in [0.3, 0.4) is 0 Å². The molecule has 0 aromatic carbocycles. The topological polar surface area (TPSA) is 38.7 Å². The Labute approximate surface area is 60.9 Å². The SMILES string of the molecule is CC(O)C1(C)OCCCO1. The maximum atomic E-state index is 9.19. The van der Waals surface area contributed by atoms with Crippen molar-refractivity contribution in [3.8, 4) is 0 Å². The lowest BCUT2D eigenvalue weighted by Gasteiger charge is -2.35. The van der Waals surface area contributed by atoms with E-state index in [1.54, 1.807) is 13.8 Å². The Hall–Kier alpha value is -0.120. The lowest BCUT2D eigenvalue weighted by molar-refractivity contribution is -0.293. The van der Waals surface area contributed by atoms with E-state index in [1.807, 2.05) is 0 Å². The molecule has 1 atom stereocenters. The first-order valence-electron chi connectivity index (χ1n) is 3.61. The predicted molar refractivity (Wildman–Crippen MR) is 36.6 cm³/mol. The second kappa shape index (κ2) is 2.86. The van der Waals surface area contributed by atoms with Crippen LogP contribution in [0.25, 0.3) is 0 Å². The molecule has 0 aromatic rings. The van der Waals surface area contributed by atoms with Crippen molar-refractivity contribution in [1.82, 2.24) is 0 Å². The minimum atomic E-state index is -0.766. The van der Waals surface area contributed by atoms with Crippen molar-refractivity contribution in [1.29, 1.82) is 0 Å². The summed E-state index contributed by atoms with van der Waals surface area (Å²) in [6.07, 6.45) is 0.357. The van der Waals surface area contributed by atoms with Gasteiger partial charge in [0.15, 0.2) is 5.79 Å². The Balaban J connectivity index is 2.48. The first-order chi connectivity index (χ1) is 4.65. The van der Waals surface area contributed by atoms with Gasteiger partial charge in [-0.15, -0.1) is 0 Å². The standard InChI is InChI=1S/C7H14O3/c1-6(8)7(2)9-4-3-5-10-7/h6,8H,3-5H2,1-2H3. The quantitative estimate of drug-likeness (QED) is 0.586. The van der Waals surface area contributed by atoms with Gasteiger partial charge in [-0.1, -0.05) is 0 Å². The van der Waals surface area contributed by atoms with Gasteiger partial charge in [0, 0.05) is 0 Å². The van der Waals surface area contributed by atoms with Gasteiger partial charge in [0.25, 0.3) is 0 Å². The fraction of sp³-hybridized carbons (Fsp3) is 1.00. The molecular weight excluding hydrogens is 132 g/mol. The maximum Gasteiger partial charge on any atom is 0.191 e. The molecule has 1 N–H and O–H groups in total. The molecule has 1 rings (SSSR count). The summed E-state index contributed by atoms with van der Waals surface area (Å²) in [6, 6.07) is 0. The minimum Gasteiger partial charge on any atom is -0.388 e. The van der Waals surface area contributed by atoms with Crippen molar-refractivity contribution < 1.29 is 14.6 Å². The van der Waals surface area contributed by atoms with E-state index < -0.39 is 11.9 Å². The Morgan fingerprint density at radius 3 is 2.20 bits per heavy atom. The molecule has 0 bridgehead atoms. The first-order valence-corrected chi connectivity index (χ1v) is 3.61. The zero-order valence-electron chi connectivity index (χ0n) is 6.46. The number of aliphatic hydroxyl groups is 1. The van der Waals surface area contributed by atoms with E-state index in [0.29, 0.717) is 13.2 Å². The van der Waals surface area contributed by atoms with Crippen molar-refractivity contribution in [3.63, 3.8) is 0 Å². The molecule has 1 aliphatic heterocycles. The van der Waals surface area contributed by atoms with Crippen LogP contribution in [0.15, 0.2) is 0 Å². The molecule has 1 heterocycles. The zero-order chi connectivity index (χ0) is 7.61. The van der Waals surface area contributed by atoms with E-state index in [2.05, 4.69) is 0 Å². The van der Waals surface area contributed by atoms with Crippen molar-refractivity contribution in [2.24, 2.45) is 0 Å². The van der Waals surface area contributed by atoms with Gasteiger partial charge in [0.05, 0.1) is 13.2 Å². The highest BCUT2D eigenvalue weighted by atomic mass is 16.7. The molecule has 60 valence electrons. The molecule has 1 saturated heterocycles.